The summed E-state index contributed by atoms with van der Waals surface area (Å²) in [4.78, 5) is 122. The van der Waals surface area contributed by atoms with Gasteiger partial charge in [-0.15, -0.1) is 5.06 Å². The van der Waals surface area contributed by atoms with Gasteiger partial charge in [-0.05, 0) is 88.6 Å². The van der Waals surface area contributed by atoms with Crippen molar-refractivity contribution in [2.24, 2.45) is 17.8 Å². The molecule has 7 amide bonds. The molecule has 4 rings (SSSR count). The Labute approximate surface area is 430 Å². The molecular formula is C52H83N7O14. The Bertz CT molecular complexity index is 2000. The molecule has 73 heavy (non-hydrogen) atoms. The summed E-state index contributed by atoms with van der Waals surface area (Å²) in [5.41, 5.74) is 0.727. The number of aromatic hydroxyl groups is 1. The fourth-order valence-corrected chi connectivity index (χ4v) is 10.1. The number of methoxy groups -OCH3 is 2. The quantitative estimate of drug-likeness (QED) is 0.0696. The average Bonchev–Trinajstić information content (AvgIpc) is 3.98. The number of carbonyl (C=O) groups is 8. The van der Waals surface area contributed by atoms with Crippen molar-refractivity contribution >= 4 is 47.3 Å². The van der Waals surface area contributed by atoms with Gasteiger partial charge in [0.15, 0.2) is 0 Å². The number of likely N-dealkylation sites (tertiary alicyclic amines) is 1. The third-order valence-electron chi connectivity index (χ3n) is 14.5. The molecule has 1 aromatic rings. The van der Waals surface area contributed by atoms with Crippen LogP contribution in [0.25, 0.3) is 0 Å². The van der Waals surface area contributed by atoms with E-state index in [-0.39, 0.29) is 61.5 Å². The van der Waals surface area contributed by atoms with Crippen molar-refractivity contribution in [3.05, 3.63) is 29.8 Å². The number of phenols is 1. The van der Waals surface area contributed by atoms with Crippen molar-refractivity contribution < 1.29 is 67.7 Å². The normalized spacial score (nSPS) is 20.0. The van der Waals surface area contributed by atoms with Crippen molar-refractivity contribution in [3.63, 3.8) is 0 Å². The predicted octanol–water partition coefficient (Wildman–Crippen LogP) is 2.88. The number of rotatable bonds is 28. The number of phenolic OH excluding ortho intramolecular Hbond substituents is 1. The number of hydroxylamine groups is 4. The molecule has 0 aliphatic carbocycles. The molecule has 410 valence electrons. The summed E-state index contributed by atoms with van der Waals surface area (Å²) >= 11 is 0. The van der Waals surface area contributed by atoms with Gasteiger partial charge >= 0.3 is 5.97 Å². The van der Waals surface area contributed by atoms with Crippen LogP contribution in [0.4, 0.5) is 0 Å². The predicted molar refractivity (Wildman–Crippen MR) is 267 cm³/mol. The highest BCUT2D eigenvalue weighted by atomic mass is 16.7. The van der Waals surface area contributed by atoms with Crippen molar-refractivity contribution in [1.29, 1.82) is 0 Å². The summed E-state index contributed by atoms with van der Waals surface area (Å²) in [5, 5.41) is 28.4. The van der Waals surface area contributed by atoms with Crippen LogP contribution in [0.15, 0.2) is 24.3 Å². The minimum absolute atomic E-state index is 0.00700. The second-order valence-corrected chi connectivity index (χ2v) is 20.3. The highest BCUT2D eigenvalue weighted by molar-refractivity contribution is 6.01. The van der Waals surface area contributed by atoms with E-state index in [1.165, 1.54) is 38.3 Å². The standard InChI is InChI=1S/C52H83N7O14/c1-11-33(4)46(56(8)52(69)45(32(2)3)54-50(67)47(35(6)60)55(7)26-14-12-13-19-44(65)73-59-41(62)24-25-42(59)63)40(70-9)31-43(64)57-27-17-18-39(57)48(71-10)34(5)49(66)53-38(30-36-20-22-37(61)23-21-36)51(68)58-28-15-16-29-72-58/h20-23,32-35,38-40,45-48,60-61H,11-19,24-31H2,1-10H3,(H,53,66)(H,54,67)/t33-,34+,35?,38-,39-,40+,45-,46-,47-,48+/m0/s1. The lowest BCUT2D eigenvalue weighted by Gasteiger charge is -2.41. The Morgan fingerprint density at radius 1 is 0.863 bits per heavy atom. The van der Waals surface area contributed by atoms with Gasteiger partial charge in [-0.2, -0.15) is 0 Å². The third-order valence-corrected chi connectivity index (χ3v) is 14.5. The fourth-order valence-electron chi connectivity index (χ4n) is 10.1. The van der Waals surface area contributed by atoms with Crippen molar-refractivity contribution in [1.82, 2.24) is 35.5 Å². The molecule has 0 spiro atoms. The summed E-state index contributed by atoms with van der Waals surface area (Å²) in [6, 6.07) is 2.33. The average molecular weight is 1030 g/mol. The van der Waals surface area contributed by atoms with E-state index in [1.54, 1.807) is 47.9 Å². The monoisotopic (exact) mass is 1030 g/mol. The zero-order valence-corrected chi connectivity index (χ0v) is 44.7. The molecule has 3 saturated heterocycles. The lowest BCUT2D eigenvalue weighted by atomic mass is 9.89. The molecular weight excluding hydrogens is 947 g/mol. The lowest BCUT2D eigenvalue weighted by molar-refractivity contribution is -0.199. The van der Waals surface area contributed by atoms with Crippen LogP contribution in [0, 0.1) is 17.8 Å². The number of aliphatic hydroxyl groups is 1. The summed E-state index contributed by atoms with van der Waals surface area (Å²) in [6.45, 7) is 12.3. The van der Waals surface area contributed by atoms with Gasteiger partial charge in [0.25, 0.3) is 17.7 Å². The molecule has 0 bridgehead atoms. The topological polar surface area (TPSA) is 254 Å². The first-order valence-electron chi connectivity index (χ1n) is 26.0. The van der Waals surface area contributed by atoms with E-state index in [0.29, 0.717) is 69.8 Å². The zero-order valence-electron chi connectivity index (χ0n) is 44.7. The number of likely N-dealkylation sites (N-methyl/N-ethyl adjacent to an activating group) is 2. The van der Waals surface area contributed by atoms with Crippen LogP contribution >= 0.6 is 0 Å². The van der Waals surface area contributed by atoms with E-state index in [9.17, 15) is 48.6 Å². The minimum Gasteiger partial charge on any atom is -0.508 e. The number of hydrogen-bond donors (Lipinski definition) is 4. The first kappa shape index (κ1) is 60.3. The second kappa shape index (κ2) is 29.0. The van der Waals surface area contributed by atoms with Gasteiger partial charge in [0.1, 0.15) is 23.9 Å². The van der Waals surface area contributed by atoms with E-state index < -0.39 is 89.9 Å². The number of nitrogens with one attached hydrogen (secondary N) is 2. The number of amides is 7. The molecule has 0 saturated carbocycles. The van der Waals surface area contributed by atoms with Crippen LogP contribution in [0.3, 0.4) is 0 Å². The van der Waals surface area contributed by atoms with E-state index in [1.807, 2.05) is 27.7 Å². The molecule has 21 nitrogen and oxygen atoms in total. The fraction of sp³-hybridized carbons (Fsp3) is 0.731. The van der Waals surface area contributed by atoms with E-state index in [0.717, 1.165) is 18.4 Å². The Morgan fingerprint density at radius 3 is 2.11 bits per heavy atom. The Kier molecular flexibility index (Phi) is 24.0. The van der Waals surface area contributed by atoms with Gasteiger partial charge in [-0.3, -0.25) is 43.3 Å². The van der Waals surface area contributed by atoms with Crippen LogP contribution < -0.4 is 10.6 Å². The smallest absolute Gasteiger partial charge is 0.333 e. The Hall–Kier alpha value is -5.22. The number of unbranched alkanes of at least 4 members (excludes halogenated alkanes) is 2. The highest BCUT2D eigenvalue weighted by Gasteiger charge is 2.44. The van der Waals surface area contributed by atoms with Crippen LogP contribution in [-0.4, -0.2) is 185 Å². The third kappa shape index (κ3) is 16.6. The van der Waals surface area contributed by atoms with Crippen molar-refractivity contribution in [2.75, 3.05) is 54.6 Å². The van der Waals surface area contributed by atoms with Gasteiger partial charge in [0.05, 0.1) is 49.3 Å². The summed E-state index contributed by atoms with van der Waals surface area (Å²) in [7, 11) is 6.33. The van der Waals surface area contributed by atoms with Gasteiger partial charge in [0, 0.05) is 60.0 Å². The summed E-state index contributed by atoms with van der Waals surface area (Å²) in [6.07, 6.45) is 2.38. The lowest BCUT2D eigenvalue weighted by Crippen LogP contribution is -2.60. The number of benzene rings is 1. The molecule has 3 aliphatic heterocycles. The van der Waals surface area contributed by atoms with Crippen LogP contribution in [0.1, 0.15) is 124 Å². The first-order valence-corrected chi connectivity index (χ1v) is 26.0. The first-order chi connectivity index (χ1) is 34.6. The Morgan fingerprint density at radius 2 is 1.53 bits per heavy atom. The Balaban J connectivity index is 1.41. The SMILES string of the molecule is CC[C@H](C)[C@@H]([C@@H](CC(=O)N1CCC[C@H]1[C@H](OC)[C@@H](C)C(=O)N[C@@H](Cc1ccc(O)cc1)C(=O)N1CCCCO1)OC)N(C)C(=O)[C@@H](NC(=O)[C@H](C(C)O)N(C)CCCCCC(=O)ON1C(=O)CCC1=O)C(C)C. The maximum Gasteiger partial charge on any atom is 0.333 e. The van der Waals surface area contributed by atoms with Crippen molar-refractivity contribution in [3.8, 4) is 5.75 Å². The molecule has 1 aromatic carbocycles. The van der Waals surface area contributed by atoms with E-state index in [2.05, 4.69) is 10.6 Å². The molecule has 0 radical (unpaired) electrons. The van der Waals surface area contributed by atoms with Gasteiger partial charge in [0.2, 0.25) is 23.6 Å². The van der Waals surface area contributed by atoms with Crippen LogP contribution in [0.5, 0.6) is 5.75 Å². The second-order valence-electron chi connectivity index (χ2n) is 20.3. The number of carbonyl (C=O) groups excluding carboxylic acids is 8. The number of nitrogens with zero attached hydrogens (tertiary/aromatic N) is 5. The summed E-state index contributed by atoms with van der Waals surface area (Å²) in [5.74, 6) is -5.05. The van der Waals surface area contributed by atoms with E-state index in [4.69, 9.17) is 19.1 Å². The van der Waals surface area contributed by atoms with Crippen LogP contribution in [-0.2, 0) is 63.9 Å². The molecule has 3 fully saturated rings. The van der Waals surface area contributed by atoms with Crippen molar-refractivity contribution in [2.45, 2.75) is 174 Å². The highest BCUT2D eigenvalue weighted by Crippen LogP contribution is 2.30. The molecule has 3 heterocycles. The zero-order chi connectivity index (χ0) is 54.1. The molecule has 4 N–H and O–H groups in total. The largest absolute Gasteiger partial charge is 0.508 e. The molecule has 0 aromatic heterocycles. The van der Waals surface area contributed by atoms with Gasteiger partial charge in [-0.1, -0.05) is 59.6 Å². The van der Waals surface area contributed by atoms with Gasteiger partial charge < -0.3 is 45.0 Å². The maximum atomic E-state index is 14.6. The number of ether oxygens (including phenoxy) is 2. The molecule has 21 heteroatoms. The minimum atomic E-state index is -1.12. The molecule has 3 aliphatic rings. The number of hydrogen-bond acceptors (Lipinski definition) is 15. The van der Waals surface area contributed by atoms with Crippen LogP contribution in [0.2, 0.25) is 0 Å². The maximum absolute atomic E-state index is 14.6. The number of imide groups is 1. The van der Waals surface area contributed by atoms with Gasteiger partial charge in [-0.25, -0.2) is 9.86 Å². The number of aliphatic hydroxyl groups excluding tert-OH is 1. The van der Waals surface area contributed by atoms with E-state index >= 15 is 0 Å². The molecule has 1 unspecified atom stereocenters. The molecule has 10 atom stereocenters. The summed E-state index contributed by atoms with van der Waals surface area (Å²) < 4.78 is 12.1.